The van der Waals surface area contributed by atoms with Gasteiger partial charge < -0.3 is 14.5 Å². The first-order valence-corrected chi connectivity index (χ1v) is 8.85. The molecule has 0 unspecified atom stereocenters. The number of hydrogen-bond acceptors (Lipinski definition) is 5. The van der Waals surface area contributed by atoms with Gasteiger partial charge in [0, 0.05) is 16.8 Å². The van der Waals surface area contributed by atoms with Gasteiger partial charge in [0.05, 0.1) is 25.7 Å². The topological polar surface area (TPSA) is 77.3 Å². The summed E-state index contributed by atoms with van der Waals surface area (Å²) in [6, 6.07) is 12.3. The van der Waals surface area contributed by atoms with E-state index in [-0.39, 0.29) is 0 Å². The minimum atomic E-state index is -1.03. The van der Waals surface area contributed by atoms with E-state index in [4.69, 9.17) is 9.15 Å². The molecule has 0 aliphatic rings. The Morgan fingerprint density at radius 3 is 2.37 bits per heavy atom. The fraction of sp³-hybridized carbons (Fsp3) is 0.0455. The van der Waals surface area contributed by atoms with Crippen LogP contribution >= 0.6 is 0 Å². The number of nitrogens with one attached hydrogen (secondary N) is 1. The Morgan fingerprint density at radius 1 is 1.03 bits per heavy atom. The Labute approximate surface area is 170 Å². The number of hydrogen-bond donors (Lipinski definition) is 1. The van der Waals surface area contributed by atoms with E-state index in [9.17, 15) is 13.6 Å². The van der Waals surface area contributed by atoms with E-state index in [0.29, 0.717) is 17.3 Å². The van der Waals surface area contributed by atoms with Crippen molar-refractivity contribution in [1.29, 1.82) is 0 Å². The van der Waals surface area contributed by atoms with Crippen LogP contribution in [-0.2, 0) is 0 Å². The number of pyridine rings is 1. The highest BCUT2D eigenvalue weighted by Gasteiger charge is 2.18. The number of methoxy groups -OCH3 is 1. The second kappa shape index (κ2) is 8.12. The van der Waals surface area contributed by atoms with Gasteiger partial charge in [0.25, 0.3) is 5.91 Å². The number of anilines is 1. The van der Waals surface area contributed by atoms with Crippen LogP contribution in [0, 0.1) is 11.6 Å². The Bertz CT molecular complexity index is 1170. The maximum atomic E-state index is 13.7. The van der Waals surface area contributed by atoms with Crippen LogP contribution in [0.3, 0.4) is 0 Å². The van der Waals surface area contributed by atoms with Gasteiger partial charge in [-0.05, 0) is 35.9 Å². The minimum Gasteiger partial charge on any atom is -0.496 e. The Hall–Kier alpha value is -4.07. The number of oxazole rings is 1. The SMILES string of the molecule is COc1ccc(-c2ncco2)cc1-c1ccc(NC(=O)c2c(F)cncc2F)cc1. The lowest BCUT2D eigenvalue weighted by atomic mass is 10.0. The van der Waals surface area contributed by atoms with Crippen molar-refractivity contribution in [1.82, 2.24) is 9.97 Å². The number of rotatable bonds is 5. The van der Waals surface area contributed by atoms with Gasteiger partial charge in [-0.3, -0.25) is 9.78 Å². The van der Waals surface area contributed by atoms with Crippen LogP contribution in [0.5, 0.6) is 5.75 Å². The molecule has 0 fully saturated rings. The lowest BCUT2D eigenvalue weighted by molar-refractivity contribution is 0.101. The number of nitrogens with zero attached hydrogens (tertiary/aromatic N) is 2. The highest BCUT2D eigenvalue weighted by atomic mass is 19.1. The zero-order chi connectivity index (χ0) is 21.1. The van der Waals surface area contributed by atoms with Gasteiger partial charge in [0.15, 0.2) is 11.6 Å². The third kappa shape index (κ3) is 3.75. The maximum absolute atomic E-state index is 13.7. The molecular formula is C22H15F2N3O3. The van der Waals surface area contributed by atoms with E-state index in [0.717, 1.165) is 29.1 Å². The average molecular weight is 407 g/mol. The summed E-state index contributed by atoms with van der Waals surface area (Å²) in [7, 11) is 1.57. The van der Waals surface area contributed by atoms with Crippen LogP contribution in [0.4, 0.5) is 14.5 Å². The predicted molar refractivity (Wildman–Crippen MR) is 106 cm³/mol. The molecule has 1 N–H and O–H groups in total. The van der Waals surface area contributed by atoms with Crippen molar-refractivity contribution in [3.05, 3.63) is 84.5 Å². The predicted octanol–water partition coefficient (Wildman–Crippen LogP) is 4.94. The highest BCUT2D eigenvalue weighted by molar-refractivity contribution is 6.04. The maximum Gasteiger partial charge on any atom is 0.261 e. The molecule has 6 nitrogen and oxygen atoms in total. The van der Waals surface area contributed by atoms with Gasteiger partial charge in [0.1, 0.15) is 17.6 Å². The minimum absolute atomic E-state index is 0.377. The number of aromatic nitrogens is 2. The second-order valence-corrected chi connectivity index (χ2v) is 6.26. The molecule has 2 aromatic heterocycles. The van der Waals surface area contributed by atoms with Gasteiger partial charge in [-0.2, -0.15) is 0 Å². The Morgan fingerprint density at radius 2 is 1.73 bits per heavy atom. The molecule has 1 amide bonds. The second-order valence-electron chi connectivity index (χ2n) is 6.26. The van der Waals surface area contributed by atoms with Gasteiger partial charge >= 0.3 is 0 Å². The van der Waals surface area contributed by atoms with E-state index in [1.807, 2.05) is 12.1 Å². The normalized spacial score (nSPS) is 10.6. The summed E-state index contributed by atoms with van der Waals surface area (Å²) in [6.07, 6.45) is 4.62. The summed E-state index contributed by atoms with van der Waals surface area (Å²) in [5, 5.41) is 2.48. The molecule has 0 radical (unpaired) electrons. The third-order valence-corrected chi connectivity index (χ3v) is 4.41. The van der Waals surface area contributed by atoms with E-state index < -0.39 is 23.1 Å². The number of benzene rings is 2. The first kappa shape index (κ1) is 19.3. The number of carbonyl (C=O) groups is 1. The van der Waals surface area contributed by atoms with Crippen molar-refractivity contribution < 1.29 is 22.7 Å². The van der Waals surface area contributed by atoms with E-state index in [1.165, 1.54) is 6.26 Å². The van der Waals surface area contributed by atoms with Gasteiger partial charge in [-0.1, -0.05) is 12.1 Å². The molecule has 30 heavy (non-hydrogen) atoms. The van der Waals surface area contributed by atoms with Crippen LogP contribution in [0.1, 0.15) is 10.4 Å². The number of ether oxygens (including phenoxy) is 1. The molecule has 2 heterocycles. The molecule has 0 atom stereocenters. The third-order valence-electron chi connectivity index (χ3n) is 4.41. The van der Waals surface area contributed by atoms with Crippen molar-refractivity contribution in [3.8, 4) is 28.3 Å². The monoisotopic (exact) mass is 407 g/mol. The van der Waals surface area contributed by atoms with E-state index in [2.05, 4.69) is 15.3 Å². The Kier molecular flexibility index (Phi) is 5.21. The van der Waals surface area contributed by atoms with Crippen LogP contribution in [0.25, 0.3) is 22.6 Å². The summed E-state index contributed by atoms with van der Waals surface area (Å²) in [5.41, 5.74) is 2.06. The van der Waals surface area contributed by atoms with E-state index in [1.54, 1.807) is 43.6 Å². The summed E-state index contributed by atoms with van der Waals surface area (Å²) >= 11 is 0. The number of halogens is 2. The van der Waals surface area contributed by atoms with Crippen molar-refractivity contribution in [2.24, 2.45) is 0 Å². The summed E-state index contributed by atoms with van der Waals surface area (Å²) in [5.74, 6) is -1.84. The standard InChI is InChI=1S/C22H15F2N3O3/c1-29-19-7-4-14(22-26-8-9-30-22)10-16(19)13-2-5-15(6-3-13)27-21(28)20-17(23)11-25-12-18(20)24/h2-12H,1H3,(H,27,28). The lowest BCUT2D eigenvalue weighted by Crippen LogP contribution is -2.16. The summed E-state index contributed by atoms with van der Waals surface area (Å²) in [4.78, 5) is 19.7. The molecule has 150 valence electrons. The fourth-order valence-corrected chi connectivity index (χ4v) is 2.99. The van der Waals surface area contributed by atoms with Crippen molar-refractivity contribution in [2.75, 3.05) is 12.4 Å². The number of carbonyl (C=O) groups excluding carboxylic acids is 1. The van der Waals surface area contributed by atoms with Crippen LogP contribution in [0.15, 0.2) is 71.7 Å². The molecule has 0 bridgehead atoms. The molecule has 0 saturated carbocycles. The van der Waals surface area contributed by atoms with E-state index >= 15 is 0 Å². The molecule has 0 spiro atoms. The zero-order valence-electron chi connectivity index (χ0n) is 15.7. The average Bonchev–Trinajstić information content (AvgIpc) is 3.29. The molecule has 0 aliphatic carbocycles. The zero-order valence-corrected chi connectivity index (χ0v) is 15.7. The summed E-state index contributed by atoms with van der Waals surface area (Å²) in [6.45, 7) is 0. The quantitative estimate of drug-likeness (QED) is 0.507. The van der Waals surface area contributed by atoms with Crippen molar-refractivity contribution in [2.45, 2.75) is 0 Å². The molecule has 0 aliphatic heterocycles. The molecule has 4 aromatic rings. The van der Waals surface area contributed by atoms with Crippen LogP contribution in [-0.4, -0.2) is 23.0 Å². The smallest absolute Gasteiger partial charge is 0.261 e. The molecule has 4 rings (SSSR count). The van der Waals surface area contributed by atoms with Crippen molar-refractivity contribution >= 4 is 11.6 Å². The molecular weight excluding hydrogens is 392 g/mol. The van der Waals surface area contributed by atoms with Gasteiger partial charge in [0.2, 0.25) is 5.89 Å². The largest absolute Gasteiger partial charge is 0.496 e. The first-order valence-electron chi connectivity index (χ1n) is 8.85. The molecule has 8 heteroatoms. The van der Waals surface area contributed by atoms with Crippen LogP contribution < -0.4 is 10.1 Å². The van der Waals surface area contributed by atoms with Gasteiger partial charge in [-0.15, -0.1) is 0 Å². The molecule has 2 aromatic carbocycles. The number of amides is 1. The lowest BCUT2D eigenvalue weighted by Gasteiger charge is -2.11. The summed E-state index contributed by atoms with van der Waals surface area (Å²) < 4.78 is 38.3. The van der Waals surface area contributed by atoms with Gasteiger partial charge in [-0.25, -0.2) is 13.8 Å². The van der Waals surface area contributed by atoms with Crippen LogP contribution in [0.2, 0.25) is 0 Å². The first-order chi connectivity index (χ1) is 14.6. The fourth-order valence-electron chi connectivity index (χ4n) is 2.99. The van der Waals surface area contributed by atoms with Crippen molar-refractivity contribution in [3.63, 3.8) is 0 Å². The highest BCUT2D eigenvalue weighted by Crippen LogP contribution is 2.34. The Balaban J connectivity index is 1.61. The molecule has 0 saturated heterocycles.